The Hall–Kier alpha value is -1.41. The molecule has 0 unspecified atom stereocenters. The average molecular weight is 387 g/mol. The molecule has 1 nitrogen and oxygen atoms in total. The van der Waals surface area contributed by atoms with Crippen molar-refractivity contribution >= 4 is 10.1 Å². The Morgan fingerprint density at radius 3 is 2.14 bits per heavy atom. The van der Waals surface area contributed by atoms with Crippen molar-refractivity contribution in [3.8, 4) is 0 Å². The van der Waals surface area contributed by atoms with Gasteiger partial charge in [0.2, 0.25) is 0 Å². The monoisotopic (exact) mass is 389 g/mol. The van der Waals surface area contributed by atoms with Gasteiger partial charge in [0, 0.05) is 0 Å². The molecule has 0 heterocycles. The second-order valence-electron chi connectivity index (χ2n) is 5.42. The van der Waals surface area contributed by atoms with Crippen LogP contribution in [0.15, 0.2) is 58.1 Å². The molecule has 0 amide bonds. The van der Waals surface area contributed by atoms with Crippen molar-refractivity contribution < 1.29 is 31.1 Å². The Kier molecular flexibility index (Phi) is 5.23. The van der Waals surface area contributed by atoms with Crippen LogP contribution in [-0.2, 0) is 29.5 Å². The van der Waals surface area contributed by atoms with Gasteiger partial charge in [-0.3, -0.25) is 0 Å². The number of rotatable bonds is 3. The van der Waals surface area contributed by atoms with Gasteiger partial charge in [-0.05, 0) is 0 Å². The minimum atomic E-state index is -4.36. The summed E-state index contributed by atoms with van der Waals surface area (Å²) in [6.07, 6.45) is -4.36. The van der Waals surface area contributed by atoms with Gasteiger partial charge in [-0.1, -0.05) is 0 Å². The number of alkyl halides is 3. The molecule has 2 aromatic rings. The van der Waals surface area contributed by atoms with Crippen LogP contribution in [0.4, 0.5) is 18.9 Å². The molecule has 0 aliphatic carbocycles. The first-order chi connectivity index (χ1) is 10.3. The molecule has 2 rings (SSSR count). The number of hydrogen-bond acceptors (Lipinski definition) is 1. The van der Waals surface area contributed by atoms with Crippen LogP contribution < -0.4 is 0 Å². The molecule has 0 bridgehead atoms. The molecular formula is C17H16F3MoN. The van der Waals surface area contributed by atoms with E-state index >= 15 is 0 Å². The fourth-order valence-corrected chi connectivity index (χ4v) is 3.73. The van der Waals surface area contributed by atoms with Crippen molar-refractivity contribution in [2.45, 2.75) is 25.4 Å². The molecule has 0 atom stereocenters. The number of nitrogens with zero attached hydrogens (tertiary/aromatic N) is 1. The molecule has 0 aromatic heterocycles. The maximum atomic E-state index is 12.9. The third-order valence-electron chi connectivity index (χ3n) is 3.23. The van der Waals surface area contributed by atoms with Gasteiger partial charge in [0.05, 0.1) is 0 Å². The molecule has 2 aromatic carbocycles. The fourth-order valence-electron chi connectivity index (χ4n) is 1.94. The molecule has 5 heteroatoms. The van der Waals surface area contributed by atoms with Crippen molar-refractivity contribution in [3.63, 3.8) is 0 Å². The van der Waals surface area contributed by atoms with E-state index in [2.05, 4.69) is 21.7 Å². The van der Waals surface area contributed by atoms with Crippen LogP contribution in [0.25, 0.3) is 0 Å². The van der Waals surface area contributed by atoms with Crippen molar-refractivity contribution in [3.05, 3.63) is 65.7 Å². The van der Waals surface area contributed by atoms with E-state index < -0.39 is 29.7 Å². The van der Waals surface area contributed by atoms with Gasteiger partial charge in [-0.2, -0.15) is 0 Å². The van der Waals surface area contributed by atoms with Crippen molar-refractivity contribution in [1.29, 1.82) is 0 Å². The zero-order chi connectivity index (χ0) is 16.2. The topological polar surface area (TPSA) is 12.4 Å². The van der Waals surface area contributed by atoms with Gasteiger partial charge in [0.25, 0.3) is 0 Å². The molecule has 0 saturated carbocycles. The Morgan fingerprint density at radius 2 is 1.50 bits per heavy atom. The summed E-state index contributed by atoms with van der Waals surface area (Å²) in [5, 5.41) is 0. The first-order valence-electron chi connectivity index (χ1n) is 6.74. The van der Waals surface area contributed by atoms with E-state index in [4.69, 9.17) is 0 Å². The van der Waals surface area contributed by atoms with E-state index in [0.717, 1.165) is 11.6 Å². The summed E-state index contributed by atoms with van der Waals surface area (Å²) in [4.78, 5) is 0. The number of halogens is 3. The zero-order valence-corrected chi connectivity index (χ0v) is 14.3. The van der Waals surface area contributed by atoms with Crippen LogP contribution in [0.1, 0.15) is 25.0 Å². The van der Waals surface area contributed by atoms with Gasteiger partial charge in [0.1, 0.15) is 0 Å². The first kappa shape index (κ1) is 17.0. The van der Waals surface area contributed by atoms with E-state index in [1.165, 1.54) is 12.1 Å². The van der Waals surface area contributed by atoms with Gasteiger partial charge in [-0.15, -0.1) is 0 Å². The molecule has 0 aliphatic heterocycles. The van der Waals surface area contributed by atoms with Crippen LogP contribution in [0.2, 0.25) is 0 Å². The van der Waals surface area contributed by atoms with Gasteiger partial charge >= 0.3 is 136 Å². The van der Waals surface area contributed by atoms with Gasteiger partial charge < -0.3 is 0 Å². The van der Waals surface area contributed by atoms with E-state index in [0.29, 0.717) is 0 Å². The second kappa shape index (κ2) is 6.78. The molecule has 0 N–H and O–H groups in total. The van der Waals surface area contributed by atoms with Gasteiger partial charge in [0.15, 0.2) is 0 Å². The zero-order valence-electron chi connectivity index (χ0n) is 12.3. The fraction of sp³-hybridized carbons (Fsp3) is 0.235. The number of benzene rings is 2. The first-order valence-corrected chi connectivity index (χ1v) is 8.79. The molecule has 22 heavy (non-hydrogen) atoms. The second-order valence-corrected chi connectivity index (χ2v) is 6.96. The van der Waals surface area contributed by atoms with Crippen LogP contribution in [0, 0.1) is 0 Å². The average Bonchev–Trinajstić information content (AvgIpc) is 2.47. The van der Waals surface area contributed by atoms with Crippen molar-refractivity contribution in [2.75, 3.05) is 0 Å². The molecular weight excluding hydrogens is 371 g/mol. The minimum absolute atomic E-state index is 0.0394. The van der Waals surface area contributed by atoms with E-state index in [-0.39, 0.29) is 11.1 Å². The van der Waals surface area contributed by atoms with Crippen LogP contribution in [-0.4, -0.2) is 4.40 Å². The summed E-state index contributed by atoms with van der Waals surface area (Å²) < 4.78 is 45.1. The summed E-state index contributed by atoms with van der Waals surface area (Å²) in [5.41, 5.74) is 0.322. The quantitative estimate of drug-likeness (QED) is 0.627. The molecule has 0 fully saturated rings. The predicted molar refractivity (Wildman–Crippen MR) is 79.1 cm³/mol. The maximum absolute atomic E-state index is 12.9. The predicted octanol–water partition coefficient (Wildman–Crippen LogP) is 5.38. The Labute approximate surface area is 136 Å². The summed E-state index contributed by atoms with van der Waals surface area (Å²) >= 11 is -1.03. The van der Waals surface area contributed by atoms with Crippen molar-refractivity contribution in [2.24, 2.45) is 3.50 Å². The SMILES string of the molecule is CC(C)([CH]=[Mo]=[N]c1ccccc1C(F)(F)F)c1ccccc1. The summed E-state index contributed by atoms with van der Waals surface area (Å²) in [5.74, 6) is 0. The molecule has 0 radical (unpaired) electrons. The van der Waals surface area contributed by atoms with Crippen LogP contribution in [0.5, 0.6) is 0 Å². The van der Waals surface area contributed by atoms with Gasteiger partial charge in [-0.25, -0.2) is 0 Å². The summed E-state index contributed by atoms with van der Waals surface area (Å²) in [6, 6.07) is 15.4. The third kappa shape index (κ3) is 4.30. The van der Waals surface area contributed by atoms with E-state index in [1.54, 1.807) is 6.07 Å². The Bertz CT molecular complexity index is 699. The van der Waals surface area contributed by atoms with E-state index in [1.807, 2.05) is 30.3 Å². The molecule has 0 saturated heterocycles. The van der Waals surface area contributed by atoms with Crippen LogP contribution >= 0.6 is 0 Å². The molecule has 0 aliphatic rings. The Balaban J connectivity index is 2.33. The standard InChI is InChI=1S/C10H12.C7H4F3N.Mo/c1-10(2,3)9-7-5-4-6-8-9;8-7(9,10)5-3-1-2-4-6(5)11;/h1,4-8H,2-3H3;1-4H;. The normalized spacial score (nSPS) is 11.9. The van der Waals surface area contributed by atoms with Crippen LogP contribution in [0.3, 0.4) is 0 Å². The Morgan fingerprint density at radius 1 is 0.909 bits per heavy atom. The summed E-state index contributed by atoms with van der Waals surface area (Å²) in [6.45, 7) is 4.11. The molecule has 116 valence electrons. The van der Waals surface area contributed by atoms with Crippen molar-refractivity contribution in [1.82, 2.24) is 0 Å². The third-order valence-corrected chi connectivity index (χ3v) is 5.68. The molecule has 0 spiro atoms. The summed E-state index contributed by atoms with van der Waals surface area (Å²) in [7, 11) is 0. The van der Waals surface area contributed by atoms with E-state index in [9.17, 15) is 13.2 Å². The number of hydrogen-bond donors (Lipinski definition) is 0.